The van der Waals surface area contributed by atoms with E-state index in [9.17, 15) is 8.42 Å². The van der Waals surface area contributed by atoms with Gasteiger partial charge in [-0.3, -0.25) is 0 Å². The normalized spacial score (nSPS) is 21.3. The Bertz CT molecular complexity index is 626. The second-order valence-electron chi connectivity index (χ2n) is 5.78. The molecule has 1 saturated heterocycles. The van der Waals surface area contributed by atoms with Gasteiger partial charge in [-0.15, -0.1) is 0 Å². The van der Waals surface area contributed by atoms with E-state index in [4.69, 9.17) is 14.6 Å². The van der Waals surface area contributed by atoms with Crippen molar-refractivity contribution in [1.29, 1.82) is 0 Å². The van der Waals surface area contributed by atoms with Gasteiger partial charge in [-0.1, -0.05) is 0 Å². The van der Waals surface area contributed by atoms with Crippen LogP contribution in [-0.2, 0) is 25.9 Å². The van der Waals surface area contributed by atoms with Gasteiger partial charge >= 0.3 is 0 Å². The van der Waals surface area contributed by atoms with Crippen molar-refractivity contribution < 1.29 is 17.9 Å². The average molecular weight is 326 g/mol. The zero-order valence-corrected chi connectivity index (χ0v) is 13.3. The number of nitrogens with zero attached hydrogens (tertiary/aromatic N) is 1. The smallest absolute Gasteiger partial charge is 0.238 e. The Balaban J connectivity index is 1.53. The van der Waals surface area contributed by atoms with Crippen molar-refractivity contribution in [1.82, 2.24) is 0 Å². The lowest BCUT2D eigenvalue weighted by atomic mass is 10.2. The number of fused-ring (bicyclic) bond motifs is 1. The highest BCUT2D eigenvalue weighted by Gasteiger charge is 2.21. The number of sulfonamides is 1. The fourth-order valence-electron chi connectivity index (χ4n) is 3.02. The van der Waals surface area contributed by atoms with E-state index in [1.165, 1.54) is 0 Å². The van der Waals surface area contributed by atoms with Crippen molar-refractivity contribution in [2.24, 2.45) is 5.14 Å². The van der Waals surface area contributed by atoms with E-state index in [1.54, 1.807) is 12.1 Å². The fraction of sp³-hybridized carbons (Fsp3) is 0.600. The van der Waals surface area contributed by atoms with Crippen molar-refractivity contribution >= 4 is 15.7 Å². The number of hydrogen-bond donors (Lipinski definition) is 1. The maximum Gasteiger partial charge on any atom is 0.238 e. The second-order valence-corrected chi connectivity index (χ2v) is 7.34. The minimum absolute atomic E-state index is 0.183. The third kappa shape index (κ3) is 3.60. The molecule has 1 fully saturated rings. The zero-order chi connectivity index (χ0) is 15.6. The third-order valence-electron chi connectivity index (χ3n) is 4.20. The predicted octanol–water partition coefficient (Wildman–Crippen LogP) is 0.892. The van der Waals surface area contributed by atoms with E-state index < -0.39 is 10.0 Å². The Kier molecular flexibility index (Phi) is 4.67. The Morgan fingerprint density at radius 1 is 1.41 bits per heavy atom. The number of anilines is 1. The number of benzene rings is 1. The summed E-state index contributed by atoms with van der Waals surface area (Å²) in [5.74, 6) is 0. The quantitative estimate of drug-likeness (QED) is 0.785. The van der Waals surface area contributed by atoms with Crippen molar-refractivity contribution in [2.75, 3.05) is 37.8 Å². The van der Waals surface area contributed by atoms with Crippen LogP contribution >= 0.6 is 0 Å². The van der Waals surface area contributed by atoms with Gasteiger partial charge < -0.3 is 14.4 Å². The van der Waals surface area contributed by atoms with E-state index in [1.807, 2.05) is 6.07 Å². The summed E-state index contributed by atoms with van der Waals surface area (Å²) in [5.41, 5.74) is 2.11. The van der Waals surface area contributed by atoms with Crippen LogP contribution in [-0.4, -0.2) is 47.4 Å². The van der Waals surface area contributed by atoms with E-state index >= 15 is 0 Å². The van der Waals surface area contributed by atoms with Crippen LogP contribution in [0.3, 0.4) is 0 Å². The Morgan fingerprint density at radius 2 is 2.27 bits per heavy atom. The molecule has 1 aromatic carbocycles. The summed E-state index contributed by atoms with van der Waals surface area (Å²) < 4.78 is 34.0. The van der Waals surface area contributed by atoms with Gasteiger partial charge in [0.15, 0.2) is 0 Å². The molecular weight excluding hydrogens is 304 g/mol. The lowest BCUT2D eigenvalue weighted by Gasteiger charge is -2.20. The maximum atomic E-state index is 11.4. The summed E-state index contributed by atoms with van der Waals surface area (Å²) in [4.78, 5) is 2.40. The molecule has 0 spiro atoms. The largest absolute Gasteiger partial charge is 0.377 e. The molecule has 2 aliphatic heterocycles. The van der Waals surface area contributed by atoms with E-state index in [0.29, 0.717) is 13.2 Å². The van der Waals surface area contributed by atoms with E-state index in [0.717, 1.165) is 50.2 Å². The molecule has 0 amide bonds. The van der Waals surface area contributed by atoms with Gasteiger partial charge in [-0.25, -0.2) is 13.6 Å². The molecule has 0 aromatic heterocycles. The molecule has 2 heterocycles. The number of ether oxygens (including phenoxy) is 2. The third-order valence-corrected chi connectivity index (χ3v) is 5.12. The van der Waals surface area contributed by atoms with Crippen molar-refractivity contribution in [3.63, 3.8) is 0 Å². The van der Waals surface area contributed by atoms with Crippen LogP contribution in [0.25, 0.3) is 0 Å². The van der Waals surface area contributed by atoms with E-state index in [2.05, 4.69) is 4.90 Å². The molecule has 2 aliphatic rings. The first kappa shape index (κ1) is 15.7. The molecule has 0 aliphatic carbocycles. The first-order valence-electron chi connectivity index (χ1n) is 7.64. The highest BCUT2D eigenvalue weighted by Crippen LogP contribution is 2.29. The Morgan fingerprint density at radius 3 is 3.00 bits per heavy atom. The molecule has 0 saturated carbocycles. The minimum atomic E-state index is -3.63. The maximum absolute atomic E-state index is 11.4. The number of rotatable bonds is 6. The molecule has 1 atom stereocenters. The average Bonchev–Trinajstić information content (AvgIpc) is 3.12. The Labute approximate surface area is 131 Å². The van der Waals surface area contributed by atoms with Crippen LogP contribution in [0.15, 0.2) is 23.1 Å². The molecule has 122 valence electrons. The summed E-state index contributed by atoms with van der Waals surface area (Å²) >= 11 is 0. The van der Waals surface area contributed by atoms with Crippen LogP contribution in [0.5, 0.6) is 0 Å². The fourth-order valence-corrected chi connectivity index (χ4v) is 3.59. The van der Waals surface area contributed by atoms with Gasteiger partial charge in [0.05, 0.1) is 24.2 Å². The van der Waals surface area contributed by atoms with E-state index in [-0.39, 0.29) is 11.0 Å². The molecular formula is C15H22N2O4S. The number of nitrogens with two attached hydrogens (primary N) is 1. The first-order valence-corrected chi connectivity index (χ1v) is 9.19. The van der Waals surface area contributed by atoms with Crippen molar-refractivity contribution in [3.8, 4) is 0 Å². The molecule has 6 nitrogen and oxygen atoms in total. The lowest BCUT2D eigenvalue weighted by molar-refractivity contribution is 0.0196. The highest BCUT2D eigenvalue weighted by atomic mass is 32.2. The van der Waals surface area contributed by atoms with Crippen LogP contribution in [0.4, 0.5) is 5.69 Å². The van der Waals surface area contributed by atoms with Gasteiger partial charge in [0.1, 0.15) is 0 Å². The Hall–Kier alpha value is -1.15. The van der Waals surface area contributed by atoms with Crippen LogP contribution < -0.4 is 10.0 Å². The van der Waals surface area contributed by atoms with Crippen LogP contribution in [0.1, 0.15) is 18.4 Å². The molecule has 3 rings (SSSR count). The van der Waals surface area contributed by atoms with Gasteiger partial charge in [0.25, 0.3) is 0 Å². The molecule has 0 bridgehead atoms. The standard InChI is InChI=1S/C15H22N2O4S/c16-22(18,19)14-3-4-15-12(10-14)5-6-17(15)7-9-20-11-13-2-1-8-21-13/h3-4,10,13H,1-2,5-9,11H2,(H2,16,18,19). The summed E-state index contributed by atoms with van der Waals surface area (Å²) in [6.07, 6.45) is 3.30. The first-order chi connectivity index (χ1) is 10.5. The topological polar surface area (TPSA) is 81.9 Å². The molecule has 1 aromatic rings. The second kappa shape index (κ2) is 6.54. The summed E-state index contributed by atoms with van der Waals surface area (Å²) in [6, 6.07) is 5.08. The molecule has 2 N–H and O–H groups in total. The van der Waals surface area contributed by atoms with Gasteiger partial charge in [-0.2, -0.15) is 0 Å². The number of hydrogen-bond acceptors (Lipinski definition) is 5. The van der Waals surface area contributed by atoms with Gasteiger partial charge in [-0.05, 0) is 43.0 Å². The van der Waals surface area contributed by atoms with Gasteiger partial charge in [0, 0.05) is 25.4 Å². The number of primary sulfonamides is 1. The van der Waals surface area contributed by atoms with Crippen molar-refractivity contribution in [2.45, 2.75) is 30.3 Å². The molecule has 1 unspecified atom stereocenters. The highest BCUT2D eigenvalue weighted by molar-refractivity contribution is 7.89. The molecule has 22 heavy (non-hydrogen) atoms. The zero-order valence-electron chi connectivity index (χ0n) is 12.5. The molecule has 0 radical (unpaired) electrons. The summed E-state index contributed by atoms with van der Waals surface area (Å²) in [7, 11) is -3.63. The SMILES string of the molecule is NS(=O)(=O)c1ccc2c(c1)CCN2CCOCC1CCCO1. The molecule has 7 heteroatoms. The predicted molar refractivity (Wildman–Crippen MR) is 83.5 cm³/mol. The summed E-state index contributed by atoms with van der Waals surface area (Å²) in [6.45, 7) is 3.84. The summed E-state index contributed by atoms with van der Waals surface area (Å²) in [5, 5.41) is 5.17. The van der Waals surface area contributed by atoms with Gasteiger partial charge in [0.2, 0.25) is 10.0 Å². The van der Waals surface area contributed by atoms with Crippen molar-refractivity contribution in [3.05, 3.63) is 23.8 Å². The van der Waals surface area contributed by atoms with Crippen LogP contribution in [0, 0.1) is 0 Å². The monoisotopic (exact) mass is 326 g/mol. The minimum Gasteiger partial charge on any atom is -0.377 e. The van der Waals surface area contributed by atoms with Crippen LogP contribution in [0.2, 0.25) is 0 Å². The lowest BCUT2D eigenvalue weighted by Crippen LogP contribution is -2.26.